The molecule has 2 aromatic heterocycles. The summed E-state index contributed by atoms with van der Waals surface area (Å²) < 4.78 is 6.52. The molecule has 3 rings (SSSR count). The first-order valence-corrected chi connectivity index (χ1v) is 6.22. The molecule has 4 nitrogen and oxygen atoms in total. The van der Waals surface area contributed by atoms with Crippen LogP contribution in [-0.4, -0.2) is 9.97 Å². The van der Waals surface area contributed by atoms with Crippen molar-refractivity contribution >= 4 is 32.8 Å². The largest absolute Gasteiger partial charge is 0.434 e. The summed E-state index contributed by atoms with van der Waals surface area (Å²) in [6, 6.07) is 9.36. The Hall–Kier alpha value is -1.88. The highest BCUT2D eigenvalue weighted by Crippen LogP contribution is 2.28. The Kier molecular flexibility index (Phi) is 2.56. The Balaban J connectivity index is 2.16. The molecule has 0 aliphatic carbocycles. The molecule has 3 aromatic rings. The van der Waals surface area contributed by atoms with Gasteiger partial charge in [-0.1, -0.05) is 0 Å². The standard InChI is InChI=1S/C13H10BrN3O/c1-7-2-5-11-12(16-7)17-13(18-11)8-3-4-9(14)10(15)6-8/h2-6H,15H2,1H3. The van der Waals surface area contributed by atoms with Crippen LogP contribution in [0.5, 0.6) is 0 Å². The van der Waals surface area contributed by atoms with Crippen LogP contribution in [0, 0.1) is 6.92 Å². The van der Waals surface area contributed by atoms with Gasteiger partial charge in [0.05, 0.1) is 0 Å². The van der Waals surface area contributed by atoms with Crippen molar-refractivity contribution < 1.29 is 4.42 Å². The van der Waals surface area contributed by atoms with Crippen molar-refractivity contribution in [2.75, 3.05) is 5.73 Å². The molecule has 0 saturated carbocycles. The van der Waals surface area contributed by atoms with Gasteiger partial charge in [-0.2, -0.15) is 4.98 Å². The third-order valence-corrected chi connectivity index (χ3v) is 3.36. The summed E-state index contributed by atoms with van der Waals surface area (Å²) in [5.41, 5.74) is 9.54. The summed E-state index contributed by atoms with van der Waals surface area (Å²) in [6.07, 6.45) is 0. The molecular weight excluding hydrogens is 294 g/mol. The first-order chi connectivity index (χ1) is 8.63. The van der Waals surface area contributed by atoms with Crippen LogP contribution in [0.1, 0.15) is 5.69 Å². The number of halogens is 1. The van der Waals surface area contributed by atoms with Crippen molar-refractivity contribution in [2.24, 2.45) is 0 Å². The van der Waals surface area contributed by atoms with Crippen LogP contribution in [0.25, 0.3) is 22.7 Å². The van der Waals surface area contributed by atoms with Crippen LogP contribution < -0.4 is 5.73 Å². The zero-order chi connectivity index (χ0) is 12.7. The van der Waals surface area contributed by atoms with E-state index in [0.29, 0.717) is 22.8 Å². The number of nitrogens with two attached hydrogens (primary N) is 1. The lowest BCUT2D eigenvalue weighted by molar-refractivity contribution is 0.619. The molecule has 18 heavy (non-hydrogen) atoms. The van der Waals surface area contributed by atoms with E-state index in [1.807, 2.05) is 37.3 Å². The van der Waals surface area contributed by atoms with Crippen molar-refractivity contribution in [3.8, 4) is 11.5 Å². The SMILES string of the molecule is Cc1ccc2oc(-c3ccc(Br)c(N)c3)nc2n1. The van der Waals surface area contributed by atoms with E-state index in [1.54, 1.807) is 0 Å². The summed E-state index contributed by atoms with van der Waals surface area (Å²) in [4.78, 5) is 8.68. The average molecular weight is 304 g/mol. The number of oxazole rings is 1. The number of benzene rings is 1. The van der Waals surface area contributed by atoms with Gasteiger partial charge in [-0.15, -0.1) is 0 Å². The van der Waals surface area contributed by atoms with Gasteiger partial charge in [-0.05, 0) is 53.2 Å². The molecule has 0 amide bonds. The quantitative estimate of drug-likeness (QED) is 0.698. The Morgan fingerprint density at radius 1 is 1.17 bits per heavy atom. The molecule has 0 bridgehead atoms. The summed E-state index contributed by atoms with van der Waals surface area (Å²) >= 11 is 3.36. The van der Waals surface area contributed by atoms with Gasteiger partial charge in [-0.25, -0.2) is 4.98 Å². The van der Waals surface area contributed by atoms with Crippen LogP contribution in [0.4, 0.5) is 5.69 Å². The highest BCUT2D eigenvalue weighted by atomic mass is 79.9. The van der Waals surface area contributed by atoms with E-state index in [-0.39, 0.29) is 0 Å². The van der Waals surface area contributed by atoms with Gasteiger partial charge in [0, 0.05) is 21.4 Å². The molecule has 0 aliphatic rings. The summed E-state index contributed by atoms with van der Waals surface area (Å²) in [7, 11) is 0. The first kappa shape index (κ1) is 11.2. The van der Waals surface area contributed by atoms with Gasteiger partial charge in [0.2, 0.25) is 5.89 Å². The number of hydrogen-bond donors (Lipinski definition) is 1. The van der Waals surface area contributed by atoms with Gasteiger partial charge in [0.15, 0.2) is 11.2 Å². The van der Waals surface area contributed by atoms with Crippen LogP contribution in [-0.2, 0) is 0 Å². The average Bonchev–Trinajstić information content (AvgIpc) is 2.75. The van der Waals surface area contributed by atoms with Crippen molar-refractivity contribution in [2.45, 2.75) is 6.92 Å². The van der Waals surface area contributed by atoms with E-state index >= 15 is 0 Å². The van der Waals surface area contributed by atoms with Crippen LogP contribution in [0.2, 0.25) is 0 Å². The minimum absolute atomic E-state index is 0.530. The van der Waals surface area contributed by atoms with Gasteiger partial charge in [0.25, 0.3) is 0 Å². The van der Waals surface area contributed by atoms with E-state index in [0.717, 1.165) is 15.7 Å². The summed E-state index contributed by atoms with van der Waals surface area (Å²) in [6.45, 7) is 1.92. The highest BCUT2D eigenvalue weighted by Gasteiger charge is 2.10. The lowest BCUT2D eigenvalue weighted by atomic mass is 10.2. The van der Waals surface area contributed by atoms with Gasteiger partial charge in [-0.3, -0.25) is 0 Å². The molecule has 0 aliphatic heterocycles. The second-order valence-electron chi connectivity index (χ2n) is 4.03. The number of fused-ring (bicyclic) bond motifs is 1. The predicted molar refractivity (Wildman–Crippen MR) is 74.1 cm³/mol. The highest BCUT2D eigenvalue weighted by molar-refractivity contribution is 9.10. The van der Waals surface area contributed by atoms with E-state index in [2.05, 4.69) is 25.9 Å². The molecule has 0 fully saturated rings. The predicted octanol–water partition coefficient (Wildman–Crippen LogP) is 3.54. The maximum atomic E-state index is 5.84. The summed E-state index contributed by atoms with van der Waals surface area (Å²) in [5, 5.41) is 0. The zero-order valence-corrected chi connectivity index (χ0v) is 11.2. The second-order valence-corrected chi connectivity index (χ2v) is 4.88. The van der Waals surface area contributed by atoms with Gasteiger partial charge in [0.1, 0.15) is 0 Å². The lowest BCUT2D eigenvalue weighted by Crippen LogP contribution is -1.87. The number of rotatable bonds is 1. The Morgan fingerprint density at radius 3 is 2.78 bits per heavy atom. The van der Waals surface area contributed by atoms with Crippen molar-refractivity contribution in [1.82, 2.24) is 9.97 Å². The normalized spacial score (nSPS) is 11.0. The van der Waals surface area contributed by atoms with E-state index in [4.69, 9.17) is 10.2 Å². The minimum atomic E-state index is 0.530. The lowest BCUT2D eigenvalue weighted by Gasteiger charge is -1.99. The summed E-state index contributed by atoms with van der Waals surface area (Å²) in [5.74, 6) is 0.530. The smallest absolute Gasteiger partial charge is 0.228 e. The molecule has 0 spiro atoms. The maximum absolute atomic E-state index is 5.84. The Bertz CT molecular complexity index is 736. The molecule has 0 saturated heterocycles. The maximum Gasteiger partial charge on any atom is 0.228 e. The number of nitrogen functional groups attached to an aromatic ring is 1. The van der Waals surface area contributed by atoms with Gasteiger partial charge < -0.3 is 10.2 Å². The molecule has 2 N–H and O–H groups in total. The van der Waals surface area contributed by atoms with Crippen molar-refractivity contribution in [3.05, 3.63) is 40.5 Å². The molecule has 5 heteroatoms. The molecule has 2 heterocycles. The Labute approximate surface area is 112 Å². The molecule has 0 atom stereocenters. The molecule has 90 valence electrons. The van der Waals surface area contributed by atoms with Crippen LogP contribution >= 0.6 is 15.9 Å². The number of anilines is 1. The number of aryl methyl sites for hydroxylation is 1. The Morgan fingerprint density at radius 2 is 2.00 bits per heavy atom. The monoisotopic (exact) mass is 303 g/mol. The van der Waals surface area contributed by atoms with E-state index < -0.39 is 0 Å². The third-order valence-electron chi connectivity index (χ3n) is 2.64. The fraction of sp³-hybridized carbons (Fsp3) is 0.0769. The molecule has 0 unspecified atom stereocenters. The van der Waals surface area contributed by atoms with E-state index in [1.165, 1.54) is 0 Å². The number of hydrogen-bond acceptors (Lipinski definition) is 4. The number of aromatic nitrogens is 2. The third kappa shape index (κ3) is 1.86. The fourth-order valence-electron chi connectivity index (χ4n) is 1.71. The molecule has 1 aromatic carbocycles. The van der Waals surface area contributed by atoms with Crippen LogP contribution in [0.15, 0.2) is 39.2 Å². The van der Waals surface area contributed by atoms with Crippen molar-refractivity contribution in [3.63, 3.8) is 0 Å². The minimum Gasteiger partial charge on any atom is -0.434 e. The van der Waals surface area contributed by atoms with Gasteiger partial charge >= 0.3 is 0 Å². The molecule has 0 radical (unpaired) electrons. The number of pyridine rings is 1. The molecular formula is C13H10BrN3O. The number of nitrogens with zero attached hydrogens (tertiary/aromatic N) is 2. The second kappa shape index (κ2) is 4.10. The first-order valence-electron chi connectivity index (χ1n) is 5.43. The topological polar surface area (TPSA) is 64.9 Å². The van der Waals surface area contributed by atoms with Crippen LogP contribution in [0.3, 0.4) is 0 Å². The fourth-order valence-corrected chi connectivity index (χ4v) is 1.96. The zero-order valence-electron chi connectivity index (χ0n) is 9.64. The van der Waals surface area contributed by atoms with E-state index in [9.17, 15) is 0 Å². The van der Waals surface area contributed by atoms with Crippen molar-refractivity contribution in [1.29, 1.82) is 0 Å².